The molecule has 2 aliphatic heterocycles. The second-order valence-electron chi connectivity index (χ2n) is 4.03. The molecule has 78 valence electrons. The fraction of sp³-hybridized carbons (Fsp3) is 0.800. The van der Waals surface area contributed by atoms with Crippen molar-refractivity contribution >= 4 is 11.8 Å². The van der Waals surface area contributed by atoms with Gasteiger partial charge in [0.05, 0.1) is 5.92 Å². The summed E-state index contributed by atoms with van der Waals surface area (Å²) >= 11 is 0. The van der Waals surface area contributed by atoms with E-state index < -0.39 is 0 Å². The fourth-order valence-electron chi connectivity index (χ4n) is 2.16. The second kappa shape index (κ2) is 4.09. The SMILES string of the molecule is O=C1CCCN1C(=O)C1CCCNC1. The van der Waals surface area contributed by atoms with Gasteiger partial charge in [-0.25, -0.2) is 0 Å². The van der Waals surface area contributed by atoms with E-state index in [1.807, 2.05) is 0 Å². The number of piperidine rings is 1. The van der Waals surface area contributed by atoms with E-state index in [-0.39, 0.29) is 17.7 Å². The van der Waals surface area contributed by atoms with Crippen LogP contribution in [0.25, 0.3) is 0 Å². The van der Waals surface area contributed by atoms with Gasteiger partial charge in [0, 0.05) is 19.5 Å². The molecule has 2 amide bonds. The number of imide groups is 1. The van der Waals surface area contributed by atoms with E-state index in [4.69, 9.17) is 0 Å². The van der Waals surface area contributed by atoms with E-state index >= 15 is 0 Å². The van der Waals surface area contributed by atoms with Crippen molar-refractivity contribution in [2.24, 2.45) is 5.92 Å². The number of carbonyl (C=O) groups excluding carboxylic acids is 2. The quantitative estimate of drug-likeness (QED) is 0.607. The third-order valence-electron chi connectivity index (χ3n) is 2.99. The molecule has 14 heavy (non-hydrogen) atoms. The number of rotatable bonds is 1. The lowest BCUT2D eigenvalue weighted by Gasteiger charge is -2.25. The Labute approximate surface area is 83.6 Å². The van der Waals surface area contributed by atoms with Crippen LogP contribution in [0.4, 0.5) is 0 Å². The van der Waals surface area contributed by atoms with Gasteiger partial charge >= 0.3 is 0 Å². The van der Waals surface area contributed by atoms with Crippen LogP contribution in [0.3, 0.4) is 0 Å². The Morgan fingerprint density at radius 2 is 2.29 bits per heavy atom. The molecule has 2 aliphatic rings. The largest absolute Gasteiger partial charge is 0.316 e. The van der Waals surface area contributed by atoms with Gasteiger partial charge in [-0.05, 0) is 25.8 Å². The molecular weight excluding hydrogens is 180 g/mol. The molecule has 2 fully saturated rings. The number of hydrogen-bond acceptors (Lipinski definition) is 3. The third-order valence-corrected chi connectivity index (χ3v) is 2.99. The van der Waals surface area contributed by atoms with Gasteiger partial charge in [-0.3, -0.25) is 14.5 Å². The zero-order valence-electron chi connectivity index (χ0n) is 8.29. The number of hydrogen-bond donors (Lipinski definition) is 1. The molecule has 0 aliphatic carbocycles. The molecule has 0 radical (unpaired) electrons. The highest BCUT2D eigenvalue weighted by Gasteiger charge is 2.32. The Morgan fingerprint density at radius 3 is 2.86 bits per heavy atom. The molecule has 0 bridgehead atoms. The Balaban J connectivity index is 1.96. The maximum absolute atomic E-state index is 11.9. The van der Waals surface area contributed by atoms with Gasteiger partial charge < -0.3 is 5.32 Å². The molecule has 1 N–H and O–H groups in total. The van der Waals surface area contributed by atoms with Crippen molar-refractivity contribution in [1.29, 1.82) is 0 Å². The normalized spacial score (nSPS) is 28.1. The van der Waals surface area contributed by atoms with Crippen molar-refractivity contribution in [3.63, 3.8) is 0 Å². The Bertz CT molecular complexity index is 247. The van der Waals surface area contributed by atoms with Crippen LogP contribution >= 0.6 is 0 Å². The molecule has 2 saturated heterocycles. The number of nitrogens with zero attached hydrogens (tertiary/aromatic N) is 1. The molecule has 0 aromatic rings. The Kier molecular flexibility index (Phi) is 2.82. The summed E-state index contributed by atoms with van der Waals surface area (Å²) in [5, 5.41) is 3.20. The van der Waals surface area contributed by atoms with Crippen LogP contribution in [0, 0.1) is 5.92 Å². The van der Waals surface area contributed by atoms with E-state index in [0.717, 1.165) is 32.4 Å². The molecule has 2 rings (SSSR count). The van der Waals surface area contributed by atoms with Gasteiger partial charge in [0.1, 0.15) is 0 Å². The van der Waals surface area contributed by atoms with Crippen LogP contribution in [0.15, 0.2) is 0 Å². The first-order chi connectivity index (χ1) is 6.79. The topological polar surface area (TPSA) is 49.4 Å². The van der Waals surface area contributed by atoms with Gasteiger partial charge in [-0.15, -0.1) is 0 Å². The number of amides is 2. The lowest BCUT2D eigenvalue weighted by Crippen LogP contribution is -2.43. The van der Waals surface area contributed by atoms with E-state index in [1.165, 1.54) is 4.90 Å². The predicted octanol–water partition coefficient (Wildman–Crippen LogP) is 0.135. The Hall–Kier alpha value is -0.900. The van der Waals surface area contributed by atoms with E-state index in [0.29, 0.717) is 13.0 Å². The minimum Gasteiger partial charge on any atom is -0.316 e. The summed E-state index contributed by atoms with van der Waals surface area (Å²) in [7, 11) is 0. The highest BCUT2D eigenvalue weighted by atomic mass is 16.2. The Morgan fingerprint density at radius 1 is 1.43 bits per heavy atom. The average Bonchev–Trinajstić information content (AvgIpc) is 2.65. The third kappa shape index (κ3) is 1.80. The first kappa shape index (κ1) is 9.65. The van der Waals surface area contributed by atoms with Crippen molar-refractivity contribution in [2.75, 3.05) is 19.6 Å². The fourth-order valence-corrected chi connectivity index (χ4v) is 2.16. The van der Waals surface area contributed by atoms with Crippen LogP contribution < -0.4 is 5.32 Å². The van der Waals surface area contributed by atoms with Crippen molar-refractivity contribution in [3.05, 3.63) is 0 Å². The van der Waals surface area contributed by atoms with Gasteiger partial charge in [-0.1, -0.05) is 0 Å². The van der Waals surface area contributed by atoms with Crippen LogP contribution in [-0.2, 0) is 9.59 Å². The van der Waals surface area contributed by atoms with Crippen LogP contribution in [0.1, 0.15) is 25.7 Å². The van der Waals surface area contributed by atoms with Crippen molar-refractivity contribution in [2.45, 2.75) is 25.7 Å². The van der Waals surface area contributed by atoms with Gasteiger partial charge in [0.2, 0.25) is 11.8 Å². The minimum atomic E-state index is 0.0144. The molecule has 4 heteroatoms. The van der Waals surface area contributed by atoms with Crippen LogP contribution in [-0.4, -0.2) is 36.3 Å². The monoisotopic (exact) mass is 196 g/mol. The number of likely N-dealkylation sites (tertiary alicyclic amines) is 1. The predicted molar refractivity (Wildman–Crippen MR) is 51.5 cm³/mol. The summed E-state index contributed by atoms with van der Waals surface area (Å²) in [6, 6.07) is 0. The minimum absolute atomic E-state index is 0.0144. The maximum atomic E-state index is 11.9. The molecule has 0 spiro atoms. The van der Waals surface area contributed by atoms with E-state index in [9.17, 15) is 9.59 Å². The zero-order valence-corrected chi connectivity index (χ0v) is 8.29. The van der Waals surface area contributed by atoms with E-state index in [1.54, 1.807) is 0 Å². The molecule has 0 aromatic heterocycles. The standard InChI is InChI=1S/C10H16N2O2/c13-9-4-2-6-12(9)10(14)8-3-1-5-11-7-8/h8,11H,1-7H2. The number of carbonyl (C=O) groups is 2. The summed E-state index contributed by atoms with van der Waals surface area (Å²) in [6.45, 7) is 2.37. The van der Waals surface area contributed by atoms with Crippen molar-refractivity contribution in [3.8, 4) is 0 Å². The molecule has 1 atom stereocenters. The molecule has 1 unspecified atom stereocenters. The number of nitrogens with one attached hydrogen (secondary N) is 1. The lowest BCUT2D eigenvalue weighted by molar-refractivity contribution is -0.144. The smallest absolute Gasteiger partial charge is 0.233 e. The summed E-state index contributed by atoms with van der Waals surface area (Å²) < 4.78 is 0. The summed E-state index contributed by atoms with van der Waals surface area (Å²) in [4.78, 5) is 24.7. The summed E-state index contributed by atoms with van der Waals surface area (Å²) in [6.07, 6.45) is 3.35. The van der Waals surface area contributed by atoms with Gasteiger partial charge in [-0.2, -0.15) is 0 Å². The first-order valence-corrected chi connectivity index (χ1v) is 5.34. The molecule has 4 nitrogen and oxygen atoms in total. The average molecular weight is 196 g/mol. The van der Waals surface area contributed by atoms with Gasteiger partial charge in [0.15, 0.2) is 0 Å². The molecule has 2 heterocycles. The van der Waals surface area contributed by atoms with Crippen LogP contribution in [0.5, 0.6) is 0 Å². The lowest BCUT2D eigenvalue weighted by atomic mass is 9.98. The van der Waals surface area contributed by atoms with Crippen molar-refractivity contribution < 1.29 is 9.59 Å². The highest BCUT2D eigenvalue weighted by Crippen LogP contribution is 2.18. The van der Waals surface area contributed by atoms with Gasteiger partial charge in [0.25, 0.3) is 0 Å². The highest BCUT2D eigenvalue weighted by molar-refractivity contribution is 5.97. The summed E-state index contributed by atoms with van der Waals surface area (Å²) in [5.41, 5.74) is 0. The second-order valence-corrected chi connectivity index (χ2v) is 4.03. The molecule has 0 saturated carbocycles. The first-order valence-electron chi connectivity index (χ1n) is 5.34. The molecular formula is C10H16N2O2. The summed E-state index contributed by atoms with van der Waals surface area (Å²) in [5.74, 6) is 0.0890. The molecule has 0 aromatic carbocycles. The van der Waals surface area contributed by atoms with Crippen LogP contribution in [0.2, 0.25) is 0 Å². The maximum Gasteiger partial charge on any atom is 0.233 e. The van der Waals surface area contributed by atoms with E-state index in [2.05, 4.69) is 5.32 Å². The zero-order chi connectivity index (χ0) is 9.97. The van der Waals surface area contributed by atoms with Crippen molar-refractivity contribution in [1.82, 2.24) is 10.2 Å².